The minimum absolute atomic E-state index is 0.245. The molecule has 3 N–H and O–H groups in total. The van der Waals surface area contributed by atoms with Gasteiger partial charge in [0.05, 0.1) is 6.61 Å². The summed E-state index contributed by atoms with van der Waals surface area (Å²) in [5.74, 6) is -0.245. The van der Waals surface area contributed by atoms with Crippen LogP contribution in [0.15, 0.2) is 0 Å². The molecule has 0 radical (unpaired) electrons. The normalized spacial score (nSPS) is 23.4. The van der Waals surface area contributed by atoms with E-state index < -0.39 is 11.7 Å². The number of nitrogens with one attached hydrogen (secondary N) is 1. The van der Waals surface area contributed by atoms with Gasteiger partial charge in [-0.05, 0) is 19.4 Å². The third kappa shape index (κ3) is 3.58. The lowest BCUT2D eigenvalue weighted by Crippen LogP contribution is -2.59. The average Bonchev–Trinajstić information content (AvgIpc) is 2.35. The molecule has 0 spiro atoms. The van der Waals surface area contributed by atoms with Gasteiger partial charge in [0.25, 0.3) is 5.91 Å². The Morgan fingerprint density at radius 3 is 2.72 bits per heavy atom. The van der Waals surface area contributed by atoms with Gasteiger partial charge in [-0.25, -0.2) is 4.79 Å². The van der Waals surface area contributed by atoms with E-state index in [1.807, 2.05) is 0 Å². The van der Waals surface area contributed by atoms with Gasteiger partial charge in [-0.15, -0.1) is 0 Å². The molecule has 1 heterocycles. The largest absolute Gasteiger partial charge is 0.432 e. The van der Waals surface area contributed by atoms with Gasteiger partial charge in [-0.1, -0.05) is 0 Å². The van der Waals surface area contributed by atoms with Crippen LogP contribution in [0.1, 0.15) is 12.8 Å². The second-order valence-electron chi connectivity index (χ2n) is 4.42. The molecule has 1 unspecified atom stereocenters. The molecule has 7 nitrogen and oxygen atoms in total. The molecule has 1 atom stereocenters. The minimum Gasteiger partial charge on any atom is -0.432 e. The summed E-state index contributed by atoms with van der Waals surface area (Å²) in [5, 5.41) is 3.06. The Morgan fingerprint density at radius 1 is 1.50 bits per heavy atom. The number of carbonyl (C=O) groups is 2. The SMILES string of the molecule is COCCN(C)C(=O)C1(OC(N)=O)CCCNC1. The van der Waals surface area contributed by atoms with Crippen molar-refractivity contribution in [1.82, 2.24) is 10.2 Å². The number of carbonyl (C=O) groups excluding carboxylic acids is 2. The Morgan fingerprint density at radius 2 is 2.22 bits per heavy atom. The van der Waals surface area contributed by atoms with Crippen LogP contribution in [0.25, 0.3) is 0 Å². The third-order valence-electron chi connectivity index (χ3n) is 3.01. The van der Waals surface area contributed by atoms with Crippen molar-refractivity contribution in [1.29, 1.82) is 0 Å². The molecule has 18 heavy (non-hydrogen) atoms. The van der Waals surface area contributed by atoms with Gasteiger partial charge < -0.3 is 25.4 Å². The summed E-state index contributed by atoms with van der Waals surface area (Å²) in [7, 11) is 3.22. The van der Waals surface area contributed by atoms with Gasteiger partial charge in [0.2, 0.25) is 5.60 Å². The number of primary amides is 1. The van der Waals surface area contributed by atoms with Crippen LogP contribution in [0.4, 0.5) is 4.79 Å². The Bertz CT molecular complexity index is 303. The van der Waals surface area contributed by atoms with Crippen molar-refractivity contribution >= 4 is 12.0 Å². The first-order chi connectivity index (χ1) is 8.52. The molecular weight excluding hydrogens is 238 g/mol. The average molecular weight is 259 g/mol. The number of hydrogen-bond acceptors (Lipinski definition) is 5. The minimum atomic E-state index is -1.17. The van der Waals surface area contributed by atoms with Crippen molar-refractivity contribution in [2.75, 3.05) is 40.4 Å². The van der Waals surface area contributed by atoms with Gasteiger partial charge >= 0.3 is 6.09 Å². The Kier molecular flexibility index (Phi) is 5.36. The predicted molar refractivity (Wildman–Crippen MR) is 65.0 cm³/mol. The summed E-state index contributed by atoms with van der Waals surface area (Å²) in [6, 6.07) is 0. The van der Waals surface area contributed by atoms with Gasteiger partial charge in [0.15, 0.2) is 0 Å². The predicted octanol–water partition coefficient (Wildman–Crippen LogP) is -0.691. The highest BCUT2D eigenvalue weighted by Gasteiger charge is 2.44. The molecular formula is C11H21N3O4. The number of hydrogen-bond donors (Lipinski definition) is 2. The number of nitrogens with two attached hydrogens (primary N) is 1. The fourth-order valence-electron chi connectivity index (χ4n) is 2.06. The van der Waals surface area contributed by atoms with E-state index in [1.54, 1.807) is 14.2 Å². The van der Waals surface area contributed by atoms with E-state index in [0.29, 0.717) is 26.1 Å². The van der Waals surface area contributed by atoms with Gasteiger partial charge in [0, 0.05) is 27.2 Å². The topological polar surface area (TPSA) is 93.9 Å². The fraction of sp³-hybridized carbons (Fsp3) is 0.818. The summed E-state index contributed by atoms with van der Waals surface area (Å²) in [4.78, 5) is 24.8. The zero-order chi connectivity index (χ0) is 13.6. The van der Waals surface area contributed by atoms with E-state index in [-0.39, 0.29) is 5.91 Å². The zero-order valence-corrected chi connectivity index (χ0v) is 10.9. The molecule has 1 fully saturated rings. The van der Waals surface area contributed by atoms with Crippen molar-refractivity contribution in [3.05, 3.63) is 0 Å². The fourth-order valence-corrected chi connectivity index (χ4v) is 2.06. The number of piperidine rings is 1. The van der Waals surface area contributed by atoms with E-state index in [4.69, 9.17) is 15.2 Å². The van der Waals surface area contributed by atoms with Crippen molar-refractivity contribution in [2.45, 2.75) is 18.4 Å². The lowest BCUT2D eigenvalue weighted by molar-refractivity contribution is -0.152. The zero-order valence-electron chi connectivity index (χ0n) is 10.9. The number of rotatable bonds is 5. The highest BCUT2D eigenvalue weighted by molar-refractivity contribution is 5.87. The third-order valence-corrected chi connectivity index (χ3v) is 3.01. The van der Waals surface area contributed by atoms with E-state index in [2.05, 4.69) is 5.32 Å². The maximum absolute atomic E-state index is 12.4. The van der Waals surface area contributed by atoms with Gasteiger partial charge in [-0.2, -0.15) is 0 Å². The summed E-state index contributed by atoms with van der Waals surface area (Å²) >= 11 is 0. The molecule has 0 saturated carbocycles. The number of amides is 2. The number of ether oxygens (including phenoxy) is 2. The maximum Gasteiger partial charge on any atom is 0.405 e. The molecule has 0 aromatic heterocycles. The van der Waals surface area contributed by atoms with E-state index in [0.717, 1.165) is 13.0 Å². The van der Waals surface area contributed by atoms with Crippen LogP contribution in [0.3, 0.4) is 0 Å². The summed E-state index contributed by atoms with van der Waals surface area (Å²) in [6.07, 6.45) is 0.322. The molecule has 1 saturated heterocycles. The number of likely N-dealkylation sites (N-methyl/N-ethyl adjacent to an activating group) is 1. The first kappa shape index (κ1) is 14.7. The molecule has 0 aromatic rings. The Labute approximate surface area is 107 Å². The monoisotopic (exact) mass is 259 g/mol. The van der Waals surface area contributed by atoms with Crippen molar-refractivity contribution in [3.8, 4) is 0 Å². The molecule has 1 rings (SSSR count). The van der Waals surface area contributed by atoms with Gasteiger partial charge in [0.1, 0.15) is 0 Å². The van der Waals surface area contributed by atoms with Crippen LogP contribution in [0.5, 0.6) is 0 Å². The van der Waals surface area contributed by atoms with Crippen LogP contribution in [0, 0.1) is 0 Å². The molecule has 1 aliphatic rings. The first-order valence-electron chi connectivity index (χ1n) is 5.95. The number of methoxy groups -OCH3 is 1. The quantitative estimate of drug-likeness (QED) is 0.681. The maximum atomic E-state index is 12.4. The molecule has 2 amide bonds. The van der Waals surface area contributed by atoms with E-state index >= 15 is 0 Å². The second kappa shape index (κ2) is 6.55. The first-order valence-corrected chi connectivity index (χ1v) is 5.95. The molecule has 0 aliphatic carbocycles. The van der Waals surface area contributed by atoms with Crippen molar-refractivity contribution < 1.29 is 19.1 Å². The molecule has 0 aromatic carbocycles. The van der Waals surface area contributed by atoms with Crippen LogP contribution < -0.4 is 11.1 Å². The molecule has 1 aliphatic heterocycles. The second-order valence-corrected chi connectivity index (χ2v) is 4.42. The Balaban J connectivity index is 2.75. The van der Waals surface area contributed by atoms with Crippen LogP contribution in [-0.4, -0.2) is 62.9 Å². The summed E-state index contributed by atoms with van der Waals surface area (Å²) < 4.78 is 10.0. The highest BCUT2D eigenvalue weighted by Crippen LogP contribution is 2.23. The van der Waals surface area contributed by atoms with E-state index in [1.165, 1.54) is 4.90 Å². The lowest BCUT2D eigenvalue weighted by atomic mass is 9.92. The van der Waals surface area contributed by atoms with Crippen molar-refractivity contribution in [2.24, 2.45) is 5.73 Å². The smallest absolute Gasteiger partial charge is 0.405 e. The lowest BCUT2D eigenvalue weighted by Gasteiger charge is -2.37. The molecule has 0 bridgehead atoms. The molecule has 7 heteroatoms. The highest BCUT2D eigenvalue weighted by atomic mass is 16.6. The van der Waals surface area contributed by atoms with E-state index in [9.17, 15) is 9.59 Å². The summed E-state index contributed by atoms with van der Waals surface area (Å²) in [5.41, 5.74) is 3.89. The number of nitrogens with zero attached hydrogens (tertiary/aromatic N) is 1. The molecule has 104 valence electrons. The van der Waals surface area contributed by atoms with Crippen LogP contribution in [-0.2, 0) is 14.3 Å². The van der Waals surface area contributed by atoms with Crippen LogP contribution in [0.2, 0.25) is 0 Å². The standard InChI is InChI=1S/C11H21N3O4/c1-14(6-7-17-2)9(15)11(18-10(12)16)4-3-5-13-8-11/h13H,3-8H2,1-2H3,(H2,12,16). The van der Waals surface area contributed by atoms with Crippen molar-refractivity contribution in [3.63, 3.8) is 0 Å². The Hall–Kier alpha value is -1.34. The summed E-state index contributed by atoms with van der Waals surface area (Å²) in [6.45, 7) is 1.98. The van der Waals surface area contributed by atoms with Crippen LogP contribution >= 0.6 is 0 Å². The van der Waals surface area contributed by atoms with Gasteiger partial charge in [-0.3, -0.25) is 4.79 Å².